The highest BCUT2D eigenvalue weighted by atomic mass is 16.5. The van der Waals surface area contributed by atoms with Crippen LogP contribution in [0.2, 0.25) is 0 Å². The van der Waals surface area contributed by atoms with Gasteiger partial charge in [0.25, 0.3) is 0 Å². The van der Waals surface area contributed by atoms with Gasteiger partial charge in [-0.15, -0.1) is 0 Å². The molecule has 1 aliphatic heterocycles. The molecule has 30 heavy (non-hydrogen) atoms. The lowest BCUT2D eigenvalue weighted by Crippen LogP contribution is -2.25. The van der Waals surface area contributed by atoms with Crippen molar-refractivity contribution in [3.05, 3.63) is 60.4 Å². The van der Waals surface area contributed by atoms with Crippen molar-refractivity contribution in [1.29, 1.82) is 0 Å². The van der Waals surface area contributed by atoms with Crippen molar-refractivity contribution in [3.8, 4) is 17.1 Å². The Hall–Kier alpha value is -3.19. The predicted octanol–water partition coefficient (Wildman–Crippen LogP) is 3.14. The molecule has 1 fully saturated rings. The highest BCUT2D eigenvalue weighted by molar-refractivity contribution is 5.92. The van der Waals surface area contributed by atoms with E-state index in [1.54, 1.807) is 17.1 Å². The maximum Gasteiger partial charge on any atom is 0.228 e. The molecule has 0 atom stereocenters. The maximum atomic E-state index is 12.5. The zero-order valence-electron chi connectivity index (χ0n) is 17.3. The average molecular weight is 406 g/mol. The van der Waals surface area contributed by atoms with Crippen LogP contribution in [-0.2, 0) is 18.3 Å². The smallest absolute Gasteiger partial charge is 0.228 e. The number of likely N-dealkylation sites (tertiary alicyclic amines) is 1. The number of anilines is 1. The molecule has 0 aliphatic carbocycles. The molecule has 1 N–H and O–H groups in total. The van der Waals surface area contributed by atoms with Gasteiger partial charge in [0.15, 0.2) is 0 Å². The molecule has 0 saturated carbocycles. The Morgan fingerprint density at radius 2 is 1.97 bits per heavy atom. The molecule has 3 heterocycles. The summed E-state index contributed by atoms with van der Waals surface area (Å²) in [5, 5.41) is 7.21. The highest BCUT2D eigenvalue weighted by Crippen LogP contribution is 2.30. The number of benzene rings is 1. The Balaban J connectivity index is 1.48. The van der Waals surface area contributed by atoms with Crippen LogP contribution in [-0.4, -0.2) is 51.8 Å². The van der Waals surface area contributed by atoms with Gasteiger partial charge < -0.3 is 10.1 Å². The van der Waals surface area contributed by atoms with Crippen molar-refractivity contribution in [2.75, 3.05) is 31.6 Å². The van der Waals surface area contributed by atoms with Gasteiger partial charge in [-0.2, -0.15) is 5.10 Å². The van der Waals surface area contributed by atoms with E-state index in [1.807, 2.05) is 49.5 Å². The summed E-state index contributed by atoms with van der Waals surface area (Å²) in [6, 6.07) is 13.5. The second-order valence-corrected chi connectivity index (χ2v) is 7.52. The van der Waals surface area contributed by atoms with Crippen LogP contribution in [0.15, 0.2) is 54.9 Å². The summed E-state index contributed by atoms with van der Waals surface area (Å²) in [4.78, 5) is 19.4. The number of rotatable bonds is 8. The van der Waals surface area contributed by atoms with Crippen LogP contribution in [0.4, 0.5) is 5.69 Å². The molecule has 7 heteroatoms. The predicted molar refractivity (Wildman–Crippen MR) is 116 cm³/mol. The normalized spacial score (nSPS) is 14.0. The summed E-state index contributed by atoms with van der Waals surface area (Å²) < 4.78 is 7.80. The molecule has 156 valence electrons. The van der Waals surface area contributed by atoms with Gasteiger partial charge >= 0.3 is 0 Å². The maximum absolute atomic E-state index is 12.5. The number of hydrogen-bond acceptors (Lipinski definition) is 5. The van der Waals surface area contributed by atoms with Crippen LogP contribution < -0.4 is 10.1 Å². The third-order valence-electron chi connectivity index (χ3n) is 5.28. The summed E-state index contributed by atoms with van der Waals surface area (Å²) in [6.45, 7) is 3.75. The summed E-state index contributed by atoms with van der Waals surface area (Å²) in [6.07, 6.45) is 6.22. The number of carbonyl (C=O) groups excluding carboxylic acids is 1. The molecule has 0 radical (unpaired) electrons. The monoisotopic (exact) mass is 405 g/mol. The first kappa shape index (κ1) is 20.1. The van der Waals surface area contributed by atoms with E-state index in [1.165, 1.54) is 12.8 Å². The lowest BCUT2D eigenvalue weighted by molar-refractivity contribution is -0.115. The van der Waals surface area contributed by atoms with Crippen LogP contribution in [0.1, 0.15) is 18.4 Å². The number of nitrogens with zero attached hydrogens (tertiary/aromatic N) is 4. The van der Waals surface area contributed by atoms with E-state index in [-0.39, 0.29) is 5.91 Å². The summed E-state index contributed by atoms with van der Waals surface area (Å²) in [7, 11) is 1.88. The lowest BCUT2D eigenvalue weighted by atomic mass is 10.1. The van der Waals surface area contributed by atoms with Crippen molar-refractivity contribution < 1.29 is 9.53 Å². The Bertz CT molecular complexity index is 980. The second kappa shape index (κ2) is 9.54. The number of aryl methyl sites for hydroxylation is 1. The Morgan fingerprint density at radius 3 is 2.70 bits per heavy atom. The fraction of sp³-hybridized carbons (Fsp3) is 0.348. The quantitative estimate of drug-likeness (QED) is 0.623. The third kappa shape index (κ3) is 5.04. The number of aromatic nitrogens is 3. The zero-order chi connectivity index (χ0) is 20.8. The van der Waals surface area contributed by atoms with Gasteiger partial charge in [-0.05, 0) is 43.6 Å². The van der Waals surface area contributed by atoms with E-state index in [0.29, 0.717) is 24.6 Å². The van der Waals surface area contributed by atoms with E-state index in [2.05, 4.69) is 20.3 Å². The summed E-state index contributed by atoms with van der Waals surface area (Å²) in [5.74, 6) is 0.473. The standard InChI is InChI=1S/C23H27N5O2/c1-27-21(9-10-25-27)20-16-19(26-22(29)15-18-7-3-2-4-8-18)17-24-23(20)30-14-13-28-11-5-6-12-28/h2-4,7-10,16-17H,5-6,11-15H2,1H3,(H,26,29). The van der Waals surface area contributed by atoms with Crippen molar-refractivity contribution in [2.45, 2.75) is 19.3 Å². The first-order valence-corrected chi connectivity index (χ1v) is 10.4. The Kier molecular flexibility index (Phi) is 6.39. The van der Waals surface area contributed by atoms with E-state index < -0.39 is 0 Å². The molecular formula is C23H27N5O2. The highest BCUT2D eigenvalue weighted by Gasteiger charge is 2.16. The molecule has 0 spiro atoms. The Labute approximate surface area is 176 Å². The van der Waals surface area contributed by atoms with Gasteiger partial charge in [0, 0.05) is 19.8 Å². The molecule has 2 aromatic heterocycles. The van der Waals surface area contributed by atoms with E-state index in [0.717, 1.165) is 36.5 Å². The first-order valence-electron chi connectivity index (χ1n) is 10.4. The molecular weight excluding hydrogens is 378 g/mol. The topological polar surface area (TPSA) is 72.3 Å². The summed E-state index contributed by atoms with van der Waals surface area (Å²) >= 11 is 0. The molecule has 1 saturated heterocycles. The van der Waals surface area contributed by atoms with Crippen molar-refractivity contribution >= 4 is 11.6 Å². The molecule has 3 aromatic rings. The van der Waals surface area contributed by atoms with Crippen molar-refractivity contribution in [3.63, 3.8) is 0 Å². The number of nitrogens with one attached hydrogen (secondary N) is 1. The van der Waals surface area contributed by atoms with Crippen molar-refractivity contribution in [1.82, 2.24) is 19.7 Å². The molecule has 1 amide bonds. The lowest BCUT2D eigenvalue weighted by Gasteiger charge is -2.16. The zero-order valence-corrected chi connectivity index (χ0v) is 17.3. The average Bonchev–Trinajstić information content (AvgIpc) is 3.41. The van der Waals surface area contributed by atoms with Crippen molar-refractivity contribution in [2.24, 2.45) is 7.05 Å². The number of amides is 1. The van der Waals surface area contributed by atoms with Crippen LogP contribution in [0, 0.1) is 0 Å². The second-order valence-electron chi connectivity index (χ2n) is 7.52. The summed E-state index contributed by atoms with van der Waals surface area (Å²) in [5.41, 5.74) is 3.31. The van der Waals surface area contributed by atoms with Crippen LogP contribution in [0.25, 0.3) is 11.3 Å². The van der Waals surface area contributed by atoms with E-state index in [9.17, 15) is 4.79 Å². The largest absolute Gasteiger partial charge is 0.476 e. The molecule has 0 unspecified atom stereocenters. The van der Waals surface area contributed by atoms with Crippen LogP contribution >= 0.6 is 0 Å². The van der Waals surface area contributed by atoms with Crippen LogP contribution in [0.3, 0.4) is 0 Å². The fourth-order valence-corrected chi connectivity index (χ4v) is 3.72. The van der Waals surface area contributed by atoms with Gasteiger partial charge in [-0.1, -0.05) is 30.3 Å². The number of pyridine rings is 1. The molecule has 1 aromatic carbocycles. The number of ether oxygens (including phenoxy) is 1. The van der Waals surface area contributed by atoms with E-state index in [4.69, 9.17) is 4.74 Å². The first-order chi connectivity index (χ1) is 14.7. The fourth-order valence-electron chi connectivity index (χ4n) is 3.72. The minimum atomic E-state index is -0.0818. The molecule has 7 nitrogen and oxygen atoms in total. The van der Waals surface area contributed by atoms with Gasteiger partial charge in [0.1, 0.15) is 6.61 Å². The third-order valence-corrected chi connectivity index (χ3v) is 5.28. The molecule has 4 rings (SSSR count). The number of carbonyl (C=O) groups is 1. The molecule has 0 bridgehead atoms. The SMILES string of the molecule is Cn1nccc1-c1cc(NC(=O)Cc2ccccc2)cnc1OCCN1CCCC1. The molecule has 1 aliphatic rings. The van der Waals surface area contributed by atoms with Gasteiger partial charge in [0.05, 0.1) is 29.6 Å². The minimum absolute atomic E-state index is 0.0818. The van der Waals surface area contributed by atoms with E-state index >= 15 is 0 Å². The Morgan fingerprint density at radius 1 is 1.17 bits per heavy atom. The van der Waals surface area contributed by atoms with Gasteiger partial charge in [0.2, 0.25) is 11.8 Å². The van der Waals surface area contributed by atoms with Gasteiger partial charge in [-0.25, -0.2) is 4.98 Å². The number of hydrogen-bond donors (Lipinski definition) is 1. The van der Waals surface area contributed by atoms with Gasteiger partial charge in [-0.3, -0.25) is 14.4 Å². The minimum Gasteiger partial charge on any atom is -0.476 e. The van der Waals surface area contributed by atoms with Crippen LogP contribution in [0.5, 0.6) is 5.88 Å².